The number of nitrogens with zero attached hydrogens (tertiary/aromatic N) is 3. The second-order valence-electron chi connectivity index (χ2n) is 15.2. The van der Waals surface area contributed by atoms with E-state index in [-0.39, 0.29) is 0 Å². The van der Waals surface area contributed by atoms with Crippen LogP contribution in [0.5, 0.6) is 0 Å². The average molecular weight is 744 g/mol. The molecule has 0 saturated heterocycles. The third kappa shape index (κ3) is 4.75. The normalized spacial score (nSPS) is 11.9. The van der Waals surface area contributed by atoms with Gasteiger partial charge in [0.05, 0.1) is 33.6 Å². The topological polar surface area (TPSA) is 26.2 Å². The smallest absolute Gasteiger partial charge is 0.159 e. The maximum absolute atomic E-state index is 6.76. The van der Waals surface area contributed by atoms with Crippen molar-refractivity contribution in [2.45, 2.75) is 13.5 Å². The van der Waals surface area contributed by atoms with Gasteiger partial charge in [0.25, 0.3) is 0 Å². The van der Waals surface area contributed by atoms with Crippen LogP contribution in [0.1, 0.15) is 6.92 Å². The van der Waals surface area contributed by atoms with E-state index in [1.165, 1.54) is 60.1 Å². The highest BCUT2D eigenvalue weighted by atomic mass is 16.3. The van der Waals surface area contributed by atoms with E-state index in [1.807, 2.05) is 6.07 Å². The Morgan fingerprint density at radius 3 is 1.98 bits per heavy atom. The van der Waals surface area contributed by atoms with Gasteiger partial charge in [-0.3, -0.25) is 0 Å². The van der Waals surface area contributed by atoms with Crippen molar-refractivity contribution in [1.82, 2.24) is 9.13 Å². The first kappa shape index (κ1) is 32.7. The lowest BCUT2D eigenvalue weighted by Gasteiger charge is -2.27. The molecule has 0 saturated carbocycles. The molecule has 3 heterocycles. The molecule has 3 aromatic heterocycles. The number of benzene rings is 9. The Morgan fingerprint density at radius 2 is 1.09 bits per heavy atom. The van der Waals surface area contributed by atoms with Crippen molar-refractivity contribution in [2.75, 3.05) is 4.90 Å². The second kappa shape index (κ2) is 12.7. The minimum Gasteiger partial charge on any atom is -0.454 e. The summed E-state index contributed by atoms with van der Waals surface area (Å²) in [6.45, 7) is 3.10. The van der Waals surface area contributed by atoms with E-state index in [4.69, 9.17) is 4.42 Å². The number of hydrogen-bond acceptors (Lipinski definition) is 2. The summed E-state index contributed by atoms with van der Waals surface area (Å²) in [5.41, 5.74) is 13.2. The molecule has 12 aromatic rings. The molecule has 58 heavy (non-hydrogen) atoms. The van der Waals surface area contributed by atoms with Gasteiger partial charge in [-0.15, -0.1) is 0 Å². The lowest BCUT2D eigenvalue weighted by molar-refractivity contribution is 0.669. The largest absolute Gasteiger partial charge is 0.454 e. The van der Waals surface area contributed by atoms with Crippen molar-refractivity contribution in [3.05, 3.63) is 194 Å². The SMILES string of the molecule is CCn1c2ccccc2c2c(N(c3cccc(-c4ccc5c6ccccc6n(-c6cccc7ccccc67)c5c4)c3)c3cccc4c3oc3ccccc34)cccc21. The third-order valence-electron chi connectivity index (χ3n) is 12.1. The van der Waals surface area contributed by atoms with E-state index in [2.05, 4.69) is 209 Å². The van der Waals surface area contributed by atoms with Gasteiger partial charge in [-0.25, -0.2) is 0 Å². The Kier molecular flexibility index (Phi) is 7.17. The molecule has 0 fully saturated rings. The summed E-state index contributed by atoms with van der Waals surface area (Å²) in [6, 6.07) is 70.4. The van der Waals surface area contributed by atoms with Crippen LogP contribution < -0.4 is 4.90 Å². The van der Waals surface area contributed by atoms with E-state index in [0.717, 1.165) is 56.7 Å². The van der Waals surface area contributed by atoms with Crippen molar-refractivity contribution in [1.29, 1.82) is 0 Å². The number of rotatable bonds is 6. The first-order chi connectivity index (χ1) is 28.7. The van der Waals surface area contributed by atoms with Gasteiger partial charge in [-0.2, -0.15) is 0 Å². The van der Waals surface area contributed by atoms with E-state index < -0.39 is 0 Å². The Bertz CT molecular complexity index is 3580. The maximum atomic E-state index is 6.76. The van der Waals surface area contributed by atoms with E-state index in [0.29, 0.717) is 0 Å². The van der Waals surface area contributed by atoms with E-state index in [9.17, 15) is 0 Å². The molecule has 0 bridgehead atoms. The van der Waals surface area contributed by atoms with Crippen LogP contribution in [0, 0.1) is 0 Å². The van der Waals surface area contributed by atoms with Crippen LogP contribution >= 0.6 is 0 Å². The second-order valence-corrected chi connectivity index (χ2v) is 15.2. The molecule has 0 unspecified atom stereocenters. The highest BCUT2D eigenvalue weighted by Crippen LogP contribution is 2.47. The van der Waals surface area contributed by atoms with Gasteiger partial charge in [0, 0.05) is 55.5 Å². The fourth-order valence-corrected chi connectivity index (χ4v) is 9.56. The Labute approximate surface area is 335 Å². The summed E-state index contributed by atoms with van der Waals surface area (Å²) in [5.74, 6) is 0. The summed E-state index contributed by atoms with van der Waals surface area (Å²) in [4.78, 5) is 2.41. The average Bonchev–Trinajstić information content (AvgIpc) is 3.94. The van der Waals surface area contributed by atoms with Crippen LogP contribution in [-0.2, 0) is 6.54 Å². The zero-order chi connectivity index (χ0) is 38.3. The quantitative estimate of drug-likeness (QED) is 0.170. The van der Waals surface area contributed by atoms with Crippen molar-refractivity contribution < 1.29 is 4.42 Å². The van der Waals surface area contributed by atoms with Gasteiger partial charge < -0.3 is 18.5 Å². The molecule has 0 spiro atoms. The molecule has 0 aliphatic carbocycles. The molecule has 4 nitrogen and oxygen atoms in total. The van der Waals surface area contributed by atoms with Gasteiger partial charge in [0.15, 0.2) is 5.58 Å². The molecule has 0 amide bonds. The minimum atomic E-state index is 0.867. The minimum absolute atomic E-state index is 0.867. The first-order valence-corrected chi connectivity index (χ1v) is 20.1. The predicted octanol–water partition coefficient (Wildman–Crippen LogP) is 15.1. The molecule has 0 aliphatic heterocycles. The fourth-order valence-electron chi connectivity index (χ4n) is 9.56. The molecule has 0 radical (unpaired) electrons. The summed E-state index contributed by atoms with van der Waals surface area (Å²) < 4.78 is 11.6. The molecule has 0 atom stereocenters. The highest BCUT2D eigenvalue weighted by Gasteiger charge is 2.24. The van der Waals surface area contributed by atoms with Crippen molar-refractivity contribution >= 4 is 93.4 Å². The van der Waals surface area contributed by atoms with E-state index in [1.54, 1.807) is 0 Å². The summed E-state index contributed by atoms with van der Waals surface area (Å²) >= 11 is 0. The van der Waals surface area contributed by atoms with Gasteiger partial charge in [-0.1, -0.05) is 133 Å². The number of furan rings is 1. The zero-order valence-corrected chi connectivity index (χ0v) is 31.9. The van der Waals surface area contributed by atoms with Crippen LogP contribution in [0.15, 0.2) is 199 Å². The Morgan fingerprint density at radius 1 is 0.448 bits per heavy atom. The van der Waals surface area contributed by atoms with Crippen LogP contribution in [-0.4, -0.2) is 9.13 Å². The Balaban J connectivity index is 1.11. The van der Waals surface area contributed by atoms with Crippen LogP contribution in [0.2, 0.25) is 0 Å². The highest BCUT2D eigenvalue weighted by molar-refractivity contribution is 6.18. The van der Waals surface area contributed by atoms with Crippen LogP contribution in [0.3, 0.4) is 0 Å². The molecular weight excluding hydrogens is 707 g/mol. The molecular formula is C54H37N3O. The molecule has 0 aliphatic rings. The van der Waals surface area contributed by atoms with E-state index >= 15 is 0 Å². The lowest BCUT2D eigenvalue weighted by atomic mass is 10.0. The number of hydrogen-bond donors (Lipinski definition) is 0. The molecule has 12 rings (SSSR count). The number of aryl methyl sites for hydroxylation is 1. The van der Waals surface area contributed by atoms with Gasteiger partial charge in [0.1, 0.15) is 5.58 Å². The number of fused-ring (bicyclic) bond motifs is 10. The van der Waals surface area contributed by atoms with Crippen molar-refractivity contribution in [3.63, 3.8) is 0 Å². The van der Waals surface area contributed by atoms with Crippen LogP contribution in [0.4, 0.5) is 17.1 Å². The number of anilines is 3. The monoisotopic (exact) mass is 743 g/mol. The fraction of sp³-hybridized carbons (Fsp3) is 0.0370. The Hall–Kier alpha value is -7.56. The van der Waals surface area contributed by atoms with Gasteiger partial charge >= 0.3 is 0 Å². The summed E-state index contributed by atoms with van der Waals surface area (Å²) in [6.07, 6.45) is 0. The molecule has 0 N–H and O–H groups in total. The molecule has 9 aromatic carbocycles. The molecule has 4 heteroatoms. The third-order valence-corrected chi connectivity index (χ3v) is 12.1. The predicted molar refractivity (Wildman–Crippen MR) is 244 cm³/mol. The lowest BCUT2D eigenvalue weighted by Crippen LogP contribution is -2.11. The standard InChI is InChI=1S/C54H37N3O/c1-2-55-45-24-8-6-22-44(45)53-48(55)27-14-28-49(53)56(50-29-13-23-43-42-21-7-10-30-52(42)58-54(43)50)38-18-11-17-36(33-38)37-31-32-41-40-20-5-9-25-47(40)57(51(41)34-37)46-26-12-16-35-15-3-4-19-39(35)46/h3-34H,2H2,1H3. The van der Waals surface area contributed by atoms with Gasteiger partial charge in [0.2, 0.25) is 0 Å². The van der Waals surface area contributed by atoms with Crippen molar-refractivity contribution in [3.8, 4) is 16.8 Å². The summed E-state index contributed by atoms with van der Waals surface area (Å²) in [5, 5.41) is 9.61. The number of aromatic nitrogens is 2. The molecule has 274 valence electrons. The van der Waals surface area contributed by atoms with Crippen molar-refractivity contribution in [2.24, 2.45) is 0 Å². The van der Waals surface area contributed by atoms with Crippen LogP contribution in [0.25, 0.3) is 93.1 Å². The first-order valence-electron chi connectivity index (χ1n) is 20.1. The van der Waals surface area contributed by atoms with Gasteiger partial charge in [-0.05, 0) is 84.1 Å². The number of para-hydroxylation sites is 4. The summed E-state index contributed by atoms with van der Waals surface area (Å²) in [7, 11) is 0. The maximum Gasteiger partial charge on any atom is 0.159 e. The zero-order valence-electron chi connectivity index (χ0n) is 31.9.